The van der Waals surface area contributed by atoms with E-state index in [0.717, 1.165) is 19.0 Å². The van der Waals surface area contributed by atoms with Crippen molar-refractivity contribution >= 4 is 11.7 Å². The van der Waals surface area contributed by atoms with E-state index in [1.165, 1.54) is 6.07 Å². The van der Waals surface area contributed by atoms with Gasteiger partial charge in [0.25, 0.3) is 5.91 Å². The zero-order valence-electron chi connectivity index (χ0n) is 13.4. The minimum atomic E-state index is -0.487. The van der Waals surface area contributed by atoms with Crippen LogP contribution < -0.4 is 5.32 Å². The van der Waals surface area contributed by atoms with Gasteiger partial charge in [-0.15, -0.1) is 0 Å². The molecule has 4 nitrogen and oxygen atoms in total. The fourth-order valence-corrected chi connectivity index (χ4v) is 2.30. The second-order valence-electron chi connectivity index (χ2n) is 5.11. The van der Waals surface area contributed by atoms with Gasteiger partial charge < -0.3 is 10.2 Å². The topological polar surface area (TPSA) is 45.2 Å². The Kier molecular flexibility index (Phi) is 7.12. The van der Waals surface area contributed by atoms with Gasteiger partial charge in [-0.05, 0) is 25.8 Å². The van der Waals surface area contributed by atoms with Gasteiger partial charge >= 0.3 is 0 Å². The predicted octanol–water partition coefficient (Wildman–Crippen LogP) is 3.55. The summed E-state index contributed by atoms with van der Waals surface area (Å²) in [5.74, 6) is 0.274. The van der Waals surface area contributed by atoms with E-state index in [0.29, 0.717) is 36.9 Å². The van der Waals surface area contributed by atoms with E-state index < -0.39 is 5.82 Å². The fraction of sp³-hybridized carbons (Fsp3) is 0.625. The van der Waals surface area contributed by atoms with Crippen LogP contribution in [0.5, 0.6) is 0 Å². The largest absolute Gasteiger partial charge is 0.370 e. The number of rotatable bonds is 8. The Morgan fingerprint density at radius 1 is 1.33 bits per heavy atom. The number of hydrogen-bond acceptors (Lipinski definition) is 3. The molecule has 21 heavy (non-hydrogen) atoms. The van der Waals surface area contributed by atoms with Crippen LogP contribution in [-0.2, 0) is 0 Å². The van der Waals surface area contributed by atoms with Gasteiger partial charge in [0.2, 0.25) is 0 Å². The molecule has 0 bridgehead atoms. The van der Waals surface area contributed by atoms with E-state index in [1.54, 1.807) is 4.90 Å². The smallest absolute Gasteiger partial charge is 0.257 e. The summed E-state index contributed by atoms with van der Waals surface area (Å²) in [6.07, 6.45) is 3.19. The number of pyridine rings is 1. The average molecular weight is 295 g/mol. The number of amides is 1. The van der Waals surface area contributed by atoms with Gasteiger partial charge in [-0.25, -0.2) is 9.37 Å². The molecule has 0 radical (unpaired) electrons. The summed E-state index contributed by atoms with van der Waals surface area (Å²) >= 11 is 0. The molecule has 0 aromatic carbocycles. The molecule has 0 atom stereocenters. The molecule has 5 heteroatoms. The molecule has 0 spiro atoms. The molecule has 1 aromatic heterocycles. The lowest BCUT2D eigenvalue weighted by atomic mass is 10.0. The molecule has 1 aromatic rings. The van der Waals surface area contributed by atoms with Gasteiger partial charge in [0.05, 0.1) is 11.8 Å². The third-order valence-corrected chi connectivity index (χ3v) is 3.73. The number of nitrogens with zero attached hydrogens (tertiary/aromatic N) is 2. The lowest BCUT2D eigenvalue weighted by Crippen LogP contribution is -2.35. The van der Waals surface area contributed by atoms with Crippen molar-refractivity contribution in [2.24, 2.45) is 5.92 Å². The number of carbonyl (C=O) groups is 1. The van der Waals surface area contributed by atoms with Crippen molar-refractivity contribution in [3.63, 3.8) is 0 Å². The van der Waals surface area contributed by atoms with Crippen LogP contribution in [0.2, 0.25) is 0 Å². The number of anilines is 1. The number of nitrogens with one attached hydrogen (secondary N) is 1. The minimum absolute atomic E-state index is 0.160. The highest BCUT2D eigenvalue weighted by Crippen LogP contribution is 2.18. The van der Waals surface area contributed by atoms with Crippen molar-refractivity contribution in [2.45, 2.75) is 40.5 Å². The van der Waals surface area contributed by atoms with Crippen LogP contribution in [0.3, 0.4) is 0 Å². The Labute approximate surface area is 126 Å². The van der Waals surface area contributed by atoms with Crippen LogP contribution >= 0.6 is 0 Å². The van der Waals surface area contributed by atoms with Gasteiger partial charge in [0.15, 0.2) is 0 Å². The van der Waals surface area contributed by atoms with Crippen LogP contribution in [0.15, 0.2) is 12.3 Å². The third-order valence-electron chi connectivity index (χ3n) is 3.73. The lowest BCUT2D eigenvalue weighted by molar-refractivity contribution is 0.0735. The lowest BCUT2D eigenvalue weighted by Gasteiger charge is -2.26. The Hall–Kier alpha value is -1.65. The second kappa shape index (κ2) is 8.60. The zero-order valence-corrected chi connectivity index (χ0v) is 13.4. The Morgan fingerprint density at radius 3 is 2.52 bits per heavy atom. The first-order chi connectivity index (χ1) is 10.1. The molecule has 0 fully saturated rings. The summed E-state index contributed by atoms with van der Waals surface area (Å²) in [6.45, 7) is 10.1. The van der Waals surface area contributed by atoms with Crippen molar-refractivity contribution in [3.05, 3.63) is 23.6 Å². The van der Waals surface area contributed by atoms with E-state index in [2.05, 4.69) is 24.1 Å². The summed E-state index contributed by atoms with van der Waals surface area (Å²) in [7, 11) is 0. The molecule has 0 aliphatic rings. The molecule has 0 aliphatic carbocycles. The highest BCUT2D eigenvalue weighted by Gasteiger charge is 2.21. The van der Waals surface area contributed by atoms with Crippen LogP contribution in [0, 0.1) is 11.7 Å². The molecular formula is C16H26FN3O. The number of carbonyl (C=O) groups excluding carboxylic acids is 1. The highest BCUT2D eigenvalue weighted by atomic mass is 19.1. The maximum atomic E-state index is 13.4. The predicted molar refractivity (Wildman–Crippen MR) is 84.0 cm³/mol. The van der Waals surface area contributed by atoms with Crippen molar-refractivity contribution in [2.75, 3.05) is 25.0 Å². The Bertz CT molecular complexity index is 461. The monoisotopic (exact) mass is 295 g/mol. The summed E-state index contributed by atoms with van der Waals surface area (Å²) in [5.41, 5.74) is 0.310. The standard InChI is InChI=1S/C16H26FN3O/c1-5-12(6-2)11-20(8-4)16(21)14-9-13(17)10-19-15(14)18-7-3/h9-10,12H,5-8,11H2,1-4H3,(H,18,19). The van der Waals surface area contributed by atoms with Crippen LogP contribution in [-0.4, -0.2) is 35.4 Å². The average Bonchev–Trinajstić information content (AvgIpc) is 2.50. The quantitative estimate of drug-likeness (QED) is 0.797. The van der Waals surface area contributed by atoms with Crippen molar-refractivity contribution < 1.29 is 9.18 Å². The van der Waals surface area contributed by atoms with Crippen LogP contribution in [0.4, 0.5) is 10.2 Å². The molecular weight excluding hydrogens is 269 g/mol. The number of hydrogen-bond donors (Lipinski definition) is 1. The van der Waals surface area contributed by atoms with Gasteiger partial charge in [-0.2, -0.15) is 0 Å². The Morgan fingerprint density at radius 2 is 2.00 bits per heavy atom. The first-order valence-corrected chi connectivity index (χ1v) is 7.75. The molecule has 0 aliphatic heterocycles. The van der Waals surface area contributed by atoms with Crippen LogP contribution in [0.1, 0.15) is 50.9 Å². The molecule has 118 valence electrons. The molecule has 0 saturated heterocycles. The van der Waals surface area contributed by atoms with Crippen molar-refractivity contribution in [1.29, 1.82) is 0 Å². The highest BCUT2D eigenvalue weighted by molar-refractivity contribution is 5.98. The van der Waals surface area contributed by atoms with Gasteiger partial charge in [-0.1, -0.05) is 26.7 Å². The van der Waals surface area contributed by atoms with Crippen molar-refractivity contribution in [3.8, 4) is 0 Å². The maximum absolute atomic E-state index is 13.4. The zero-order chi connectivity index (χ0) is 15.8. The van der Waals surface area contributed by atoms with E-state index in [1.807, 2.05) is 13.8 Å². The first-order valence-electron chi connectivity index (χ1n) is 7.75. The molecule has 1 amide bonds. The molecule has 0 saturated carbocycles. The first kappa shape index (κ1) is 17.4. The SMILES string of the molecule is CCNc1ncc(F)cc1C(=O)N(CC)CC(CC)CC. The molecule has 0 unspecified atom stereocenters. The van der Waals surface area contributed by atoms with E-state index >= 15 is 0 Å². The molecule has 1 heterocycles. The van der Waals surface area contributed by atoms with E-state index in [4.69, 9.17) is 0 Å². The van der Waals surface area contributed by atoms with Crippen molar-refractivity contribution in [1.82, 2.24) is 9.88 Å². The van der Waals surface area contributed by atoms with E-state index in [-0.39, 0.29) is 5.91 Å². The summed E-state index contributed by atoms with van der Waals surface area (Å²) in [5, 5.41) is 3.02. The van der Waals surface area contributed by atoms with Gasteiger partial charge in [-0.3, -0.25) is 4.79 Å². The van der Waals surface area contributed by atoms with Gasteiger partial charge in [0.1, 0.15) is 11.6 Å². The number of aromatic nitrogens is 1. The van der Waals surface area contributed by atoms with Gasteiger partial charge in [0, 0.05) is 19.6 Å². The molecule has 1 N–H and O–H groups in total. The Balaban J connectivity index is 3.01. The van der Waals surface area contributed by atoms with Crippen LogP contribution in [0.25, 0.3) is 0 Å². The second-order valence-corrected chi connectivity index (χ2v) is 5.11. The maximum Gasteiger partial charge on any atom is 0.257 e. The number of halogens is 1. The van der Waals surface area contributed by atoms with E-state index in [9.17, 15) is 9.18 Å². The fourth-order valence-electron chi connectivity index (χ4n) is 2.30. The summed E-state index contributed by atoms with van der Waals surface area (Å²) in [6, 6.07) is 1.27. The summed E-state index contributed by atoms with van der Waals surface area (Å²) in [4.78, 5) is 18.4. The normalized spacial score (nSPS) is 10.8. The molecule has 1 rings (SSSR count). The third kappa shape index (κ3) is 4.69. The minimum Gasteiger partial charge on any atom is -0.370 e. The summed E-state index contributed by atoms with van der Waals surface area (Å²) < 4.78 is 13.4.